The molecule has 0 fully saturated rings. The molecule has 0 aliphatic rings. The lowest BCUT2D eigenvalue weighted by atomic mass is 10.0. The summed E-state index contributed by atoms with van der Waals surface area (Å²) < 4.78 is 3.49. The van der Waals surface area contributed by atoms with Gasteiger partial charge in [-0.25, -0.2) is 9.97 Å². The van der Waals surface area contributed by atoms with Gasteiger partial charge in [0.2, 0.25) is 5.95 Å². The van der Waals surface area contributed by atoms with Crippen LogP contribution in [0.4, 0.5) is 5.95 Å². The van der Waals surface area contributed by atoms with Crippen LogP contribution in [0.2, 0.25) is 0 Å². The number of nitrogen functional groups attached to an aromatic ring is 1. The van der Waals surface area contributed by atoms with Crippen molar-refractivity contribution in [2.75, 3.05) is 5.73 Å². The van der Waals surface area contributed by atoms with Gasteiger partial charge in [0.25, 0.3) is 0 Å². The first-order valence-corrected chi connectivity index (χ1v) is 10.7. The van der Waals surface area contributed by atoms with Gasteiger partial charge in [-0.1, -0.05) is 25.1 Å². The number of nitrogens with zero attached hydrogens (tertiary/aromatic N) is 8. The molecule has 0 bridgehead atoms. The minimum Gasteiger partial charge on any atom is -0.368 e. The highest BCUT2D eigenvalue weighted by Gasteiger charge is 2.22. The van der Waals surface area contributed by atoms with Crippen molar-refractivity contribution in [3.05, 3.63) is 78.0 Å². The summed E-state index contributed by atoms with van der Waals surface area (Å²) in [6.07, 6.45) is 4.90. The Morgan fingerprint density at radius 3 is 2.76 bits per heavy atom. The molecule has 0 atom stereocenters. The summed E-state index contributed by atoms with van der Waals surface area (Å²) in [5, 5.41) is 18.5. The van der Waals surface area contributed by atoms with Crippen molar-refractivity contribution >= 4 is 11.6 Å². The molecule has 0 radical (unpaired) electrons. The minimum atomic E-state index is 0.215. The van der Waals surface area contributed by atoms with Crippen LogP contribution in [-0.2, 0) is 13.0 Å². The third kappa shape index (κ3) is 3.78. The van der Waals surface area contributed by atoms with E-state index < -0.39 is 0 Å². The Balaban J connectivity index is 1.77. The number of aromatic nitrogens is 7. The second kappa shape index (κ2) is 8.51. The van der Waals surface area contributed by atoms with E-state index in [1.54, 1.807) is 29.0 Å². The molecule has 0 unspecified atom stereocenters. The van der Waals surface area contributed by atoms with Crippen LogP contribution in [0.3, 0.4) is 0 Å². The van der Waals surface area contributed by atoms with Gasteiger partial charge in [-0.05, 0) is 36.8 Å². The van der Waals surface area contributed by atoms with Crippen molar-refractivity contribution < 1.29 is 0 Å². The third-order valence-electron chi connectivity index (χ3n) is 5.29. The maximum absolute atomic E-state index is 9.40. The Hall–Kier alpha value is -4.58. The number of fused-ring (bicyclic) bond motifs is 1. The van der Waals surface area contributed by atoms with Gasteiger partial charge in [-0.2, -0.15) is 14.9 Å². The van der Waals surface area contributed by atoms with Crippen LogP contribution in [0.5, 0.6) is 0 Å². The molecule has 33 heavy (non-hydrogen) atoms. The second-order valence-corrected chi connectivity index (χ2v) is 7.59. The van der Waals surface area contributed by atoms with E-state index in [0.29, 0.717) is 29.1 Å². The molecule has 5 aromatic rings. The van der Waals surface area contributed by atoms with Crippen LogP contribution in [0, 0.1) is 11.3 Å². The van der Waals surface area contributed by atoms with Gasteiger partial charge < -0.3 is 5.73 Å². The molecule has 5 rings (SSSR count). The largest absolute Gasteiger partial charge is 0.368 e. The van der Waals surface area contributed by atoms with Gasteiger partial charge in [0.1, 0.15) is 0 Å². The molecule has 0 amide bonds. The molecule has 9 heteroatoms. The molecule has 0 saturated carbocycles. The Bertz CT molecular complexity index is 1480. The summed E-state index contributed by atoms with van der Waals surface area (Å²) in [7, 11) is 0. The van der Waals surface area contributed by atoms with Crippen LogP contribution in [0.1, 0.15) is 30.4 Å². The summed E-state index contributed by atoms with van der Waals surface area (Å²) >= 11 is 0. The number of benzene rings is 1. The van der Waals surface area contributed by atoms with Gasteiger partial charge >= 0.3 is 0 Å². The summed E-state index contributed by atoms with van der Waals surface area (Å²) in [6, 6.07) is 17.2. The van der Waals surface area contributed by atoms with E-state index in [1.165, 1.54) is 0 Å². The SMILES string of the molecule is CCCn1nccc1-c1c(-c2cccc(C#N)c2)nc(N)n2nc(Cc3ccccn3)nc12. The predicted octanol–water partition coefficient (Wildman–Crippen LogP) is 3.50. The second-order valence-electron chi connectivity index (χ2n) is 7.59. The van der Waals surface area contributed by atoms with Gasteiger partial charge in [0.05, 0.1) is 35.0 Å². The van der Waals surface area contributed by atoms with Gasteiger partial charge in [-0.3, -0.25) is 9.67 Å². The van der Waals surface area contributed by atoms with Crippen LogP contribution in [-0.4, -0.2) is 34.3 Å². The highest BCUT2D eigenvalue weighted by atomic mass is 15.4. The molecule has 0 aliphatic carbocycles. The van der Waals surface area contributed by atoms with Crippen molar-refractivity contribution in [1.29, 1.82) is 5.26 Å². The van der Waals surface area contributed by atoms with Crippen molar-refractivity contribution in [3.8, 4) is 28.6 Å². The lowest BCUT2D eigenvalue weighted by Crippen LogP contribution is -2.08. The van der Waals surface area contributed by atoms with Crippen molar-refractivity contribution in [3.63, 3.8) is 0 Å². The molecule has 9 nitrogen and oxygen atoms in total. The lowest BCUT2D eigenvalue weighted by molar-refractivity contribution is 0.609. The highest BCUT2D eigenvalue weighted by molar-refractivity contribution is 5.89. The summed E-state index contributed by atoms with van der Waals surface area (Å²) in [5.74, 6) is 0.806. The molecule has 2 N–H and O–H groups in total. The quantitative estimate of drug-likeness (QED) is 0.433. The average molecular weight is 435 g/mol. The number of hydrogen-bond acceptors (Lipinski definition) is 7. The van der Waals surface area contributed by atoms with Crippen molar-refractivity contribution in [1.82, 2.24) is 34.3 Å². The molecule has 1 aromatic carbocycles. The van der Waals surface area contributed by atoms with E-state index in [4.69, 9.17) is 15.7 Å². The van der Waals surface area contributed by atoms with Crippen molar-refractivity contribution in [2.24, 2.45) is 0 Å². The van der Waals surface area contributed by atoms with E-state index in [0.717, 1.165) is 35.5 Å². The maximum Gasteiger partial charge on any atom is 0.223 e. The predicted molar refractivity (Wildman–Crippen MR) is 124 cm³/mol. The fraction of sp³-hybridized carbons (Fsp3) is 0.167. The number of hydrogen-bond donors (Lipinski definition) is 1. The first-order valence-electron chi connectivity index (χ1n) is 10.7. The smallest absolute Gasteiger partial charge is 0.223 e. The molecular weight excluding hydrogens is 414 g/mol. The number of rotatable bonds is 6. The number of nitrogens with two attached hydrogens (primary N) is 1. The van der Waals surface area contributed by atoms with Crippen LogP contribution in [0.25, 0.3) is 28.2 Å². The van der Waals surface area contributed by atoms with Crippen LogP contribution in [0.15, 0.2) is 60.9 Å². The molecule has 4 aromatic heterocycles. The molecule has 4 heterocycles. The number of nitriles is 1. The Kier molecular flexibility index (Phi) is 5.24. The third-order valence-corrected chi connectivity index (χ3v) is 5.29. The number of aryl methyl sites for hydroxylation is 1. The van der Waals surface area contributed by atoms with E-state index in [-0.39, 0.29) is 5.95 Å². The monoisotopic (exact) mass is 435 g/mol. The standard InChI is InChI=1S/C24H21N9/c1-2-12-32-19(9-11-28-32)21-22(17-7-5-6-16(13-17)15-25)30-24(26)33-23(21)29-20(31-33)14-18-8-3-4-10-27-18/h3-11,13H,2,12,14H2,1H3,(H2,26,30). The minimum absolute atomic E-state index is 0.215. The number of pyridine rings is 1. The van der Waals surface area contributed by atoms with Gasteiger partial charge in [0, 0.05) is 30.2 Å². The zero-order valence-electron chi connectivity index (χ0n) is 18.0. The normalized spacial score (nSPS) is 11.0. The van der Waals surface area contributed by atoms with Gasteiger partial charge in [-0.15, -0.1) is 5.10 Å². The molecule has 0 aliphatic heterocycles. The zero-order valence-corrected chi connectivity index (χ0v) is 18.0. The van der Waals surface area contributed by atoms with Crippen molar-refractivity contribution in [2.45, 2.75) is 26.3 Å². The molecule has 162 valence electrons. The Labute approximate surface area is 190 Å². The van der Waals surface area contributed by atoms with E-state index >= 15 is 0 Å². The van der Waals surface area contributed by atoms with E-state index in [9.17, 15) is 5.26 Å². The van der Waals surface area contributed by atoms with E-state index in [2.05, 4.69) is 28.2 Å². The zero-order chi connectivity index (χ0) is 22.8. The lowest BCUT2D eigenvalue weighted by Gasteiger charge is -2.13. The summed E-state index contributed by atoms with van der Waals surface area (Å²) in [4.78, 5) is 13.9. The number of anilines is 1. The Morgan fingerprint density at radius 2 is 1.97 bits per heavy atom. The highest BCUT2D eigenvalue weighted by Crippen LogP contribution is 2.35. The topological polar surface area (TPSA) is 124 Å². The first kappa shape index (κ1) is 20.3. The fourth-order valence-corrected chi connectivity index (χ4v) is 3.86. The fourth-order valence-electron chi connectivity index (χ4n) is 3.86. The molecular formula is C24H21N9. The molecule has 0 saturated heterocycles. The summed E-state index contributed by atoms with van der Waals surface area (Å²) in [6.45, 7) is 2.84. The average Bonchev–Trinajstić information content (AvgIpc) is 3.47. The van der Waals surface area contributed by atoms with Gasteiger partial charge in [0.15, 0.2) is 11.5 Å². The van der Waals surface area contributed by atoms with Crippen LogP contribution < -0.4 is 5.73 Å². The summed E-state index contributed by atoms with van der Waals surface area (Å²) in [5.41, 5.74) is 11.4. The van der Waals surface area contributed by atoms with Crippen LogP contribution >= 0.6 is 0 Å². The Morgan fingerprint density at radius 1 is 1.06 bits per heavy atom. The van der Waals surface area contributed by atoms with E-state index in [1.807, 2.05) is 41.1 Å². The maximum atomic E-state index is 9.40. The molecule has 0 spiro atoms. The first-order chi connectivity index (χ1) is 16.2.